The van der Waals surface area contributed by atoms with Gasteiger partial charge in [0, 0.05) is 37.4 Å². The molecule has 1 saturated carbocycles. The summed E-state index contributed by atoms with van der Waals surface area (Å²) in [6.45, 7) is 2.45. The Kier molecular flexibility index (Phi) is 8.76. The third-order valence-corrected chi connectivity index (χ3v) is 6.89. The summed E-state index contributed by atoms with van der Waals surface area (Å²) in [4.78, 5) is 44.3. The van der Waals surface area contributed by atoms with Crippen LogP contribution in [0, 0.1) is 5.92 Å². The number of amides is 4. The second kappa shape index (κ2) is 12.4. The first-order valence-electron chi connectivity index (χ1n) is 12.8. The van der Waals surface area contributed by atoms with Crippen molar-refractivity contribution >= 4 is 23.5 Å². The number of aromatic nitrogens is 1. The van der Waals surface area contributed by atoms with Crippen molar-refractivity contribution in [3.05, 3.63) is 53.9 Å². The number of pyridine rings is 1. The van der Waals surface area contributed by atoms with E-state index in [1.807, 2.05) is 24.3 Å². The summed E-state index contributed by atoms with van der Waals surface area (Å²) in [5.74, 6) is 0.974. The first-order valence-corrected chi connectivity index (χ1v) is 12.8. The first kappa shape index (κ1) is 25.5. The molecule has 0 unspecified atom stereocenters. The fraction of sp³-hybridized carbons (Fsp3) is 0.481. The number of piperazine rings is 1. The highest BCUT2D eigenvalue weighted by Gasteiger charge is 2.25. The number of benzene rings is 1. The molecule has 2 aliphatic rings. The second-order valence-electron chi connectivity index (χ2n) is 9.56. The predicted molar refractivity (Wildman–Crippen MR) is 137 cm³/mol. The van der Waals surface area contributed by atoms with E-state index >= 15 is 0 Å². The minimum Gasteiger partial charge on any atom is -0.494 e. The van der Waals surface area contributed by atoms with Crippen molar-refractivity contribution < 1.29 is 19.1 Å². The molecule has 1 aromatic heterocycles. The van der Waals surface area contributed by atoms with Gasteiger partial charge in [-0.25, -0.2) is 4.79 Å². The Morgan fingerprint density at radius 3 is 2.44 bits per heavy atom. The van der Waals surface area contributed by atoms with Crippen LogP contribution in [0.2, 0.25) is 0 Å². The van der Waals surface area contributed by atoms with Crippen molar-refractivity contribution in [2.24, 2.45) is 11.7 Å². The summed E-state index contributed by atoms with van der Waals surface area (Å²) in [5.41, 5.74) is 6.86. The smallest absolute Gasteiger partial charge is 0.322 e. The number of nitrogens with zero attached hydrogens (tertiary/aromatic N) is 3. The van der Waals surface area contributed by atoms with Gasteiger partial charge < -0.3 is 25.6 Å². The number of primary amides is 1. The standard InChI is InChI=1S/C27H35N5O4/c28-25(33)18-22-9-10-23(19-29-22)30-27(35)32-14-12-31(13-15-32)26(34)21-7-4-8-24(17-21)36-16-11-20-5-2-1-3-6-20/h4,7-10,17,19-20H,1-3,5-6,11-16,18H2,(H2,28,33)(H,30,35). The maximum absolute atomic E-state index is 13.1. The summed E-state index contributed by atoms with van der Waals surface area (Å²) in [6.07, 6.45) is 9.22. The topological polar surface area (TPSA) is 118 Å². The van der Waals surface area contributed by atoms with Crippen LogP contribution in [0.5, 0.6) is 5.75 Å². The lowest BCUT2D eigenvalue weighted by Gasteiger charge is -2.34. The third kappa shape index (κ3) is 7.19. The molecule has 0 radical (unpaired) electrons. The highest BCUT2D eigenvalue weighted by molar-refractivity contribution is 5.95. The fourth-order valence-electron chi connectivity index (χ4n) is 4.82. The van der Waals surface area contributed by atoms with Gasteiger partial charge in [0.05, 0.1) is 24.9 Å². The van der Waals surface area contributed by atoms with Crippen molar-refractivity contribution in [2.45, 2.75) is 44.9 Å². The summed E-state index contributed by atoms with van der Waals surface area (Å²) < 4.78 is 5.96. The summed E-state index contributed by atoms with van der Waals surface area (Å²) in [5, 5.41) is 2.81. The Balaban J connectivity index is 1.23. The van der Waals surface area contributed by atoms with Crippen LogP contribution >= 0.6 is 0 Å². The van der Waals surface area contributed by atoms with Gasteiger partial charge in [0.2, 0.25) is 5.91 Å². The van der Waals surface area contributed by atoms with Gasteiger partial charge in [-0.2, -0.15) is 0 Å². The number of ether oxygens (including phenoxy) is 1. The van der Waals surface area contributed by atoms with E-state index in [0.29, 0.717) is 49.7 Å². The van der Waals surface area contributed by atoms with E-state index in [1.54, 1.807) is 21.9 Å². The number of hydrogen-bond donors (Lipinski definition) is 2. The summed E-state index contributed by atoms with van der Waals surface area (Å²) in [7, 11) is 0. The van der Waals surface area contributed by atoms with Crippen molar-refractivity contribution in [1.82, 2.24) is 14.8 Å². The summed E-state index contributed by atoms with van der Waals surface area (Å²) >= 11 is 0. The third-order valence-electron chi connectivity index (χ3n) is 6.89. The number of carbonyl (C=O) groups is 3. The molecule has 4 rings (SSSR count). The molecular weight excluding hydrogens is 458 g/mol. The van der Waals surface area contributed by atoms with E-state index in [-0.39, 0.29) is 18.4 Å². The Labute approximate surface area is 212 Å². The molecule has 2 aromatic rings. The number of nitrogens with two attached hydrogens (primary N) is 1. The van der Waals surface area contributed by atoms with Gasteiger partial charge in [-0.05, 0) is 42.7 Å². The molecule has 3 N–H and O–H groups in total. The highest BCUT2D eigenvalue weighted by atomic mass is 16.5. The first-order chi connectivity index (χ1) is 17.5. The van der Waals surface area contributed by atoms with Gasteiger partial charge in [0.1, 0.15) is 5.75 Å². The van der Waals surface area contributed by atoms with Crippen molar-refractivity contribution in [3.63, 3.8) is 0 Å². The van der Waals surface area contributed by atoms with Crippen molar-refractivity contribution in [1.29, 1.82) is 0 Å². The number of rotatable bonds is 8. The van der Waals surface area contributed by atoms with Crippen LogP contribution in [0.25, 0.3) is 0 Å². The van der Waals surface area contributed by atoms with Crippen molar-refractivity contribution in [3.8, 4) is 5.75 Å². The zero-order valence-corrected chi connectivity index (χ0v) is 20.7. The normalized spacial score (nSPS) is 16.4. The van der Waals surface area contributed by atoms with Gasteiger partial charge >= 0.3 is 6.03 Å². The van der Waals surface area contributed by atoms with E-state index < -0.39 is 5.91 Å². The SMILES string of the molecule is NC(=O)Cc1ccc(NC(=O)N2CCN(C(=O)c3cccc(OCCC4CCCCC4)c3)CC2)cn1. The van der Waals surface area contributed by atoms with Gasteiger partial charge in [-0.1, -0.05) is 38.2 Å². The lowest BCUT2D eigenvalue weighted by atomic mass is 9.87. The molecule has 1 saturated heterocycles. The molecule has 0 spiro atoms. The van der Waals surface area contributed by atoms with E-state index in [4.69, 9.17) is 10.5 Å². The number of hydrogen-bond acceptors (Lipinski definition) is 5. The molecular formula is C27H35N5O4. The number of anilines is 1. The molecule has 9 heteroatoms. The van der Waals surface area contributed by atoms with Crippen LogP contribution in [0.4, 0.5) is 10.5 Å². The zero-order chi connectivity index (χ0) is 25.3. The fourth-order valence-corrected chi connectivity index (χ4v) is 4.82. The second-order valence-corrected chi connectivity index (χ2v) is 9.56. The molecule has 9 nitrogen and oxygen atoms in total. The number of nitrogens with one attached hydrogen (secondary N) is 1. The van der Waals surface area contributed by atoms with E-state index in [0.717, 1.165) is 18.1 Å². The average Bonchev–Trinajstić information content (AvgIpc) is 2.90. The van der Waals surface area contributed by atoms with Crippen LogP contribution in [0.15, 0.2) is 42.6 Å². The quantitative estimate of drug-likeness (QED) is 0.584. The van der Waals surface area contributed by atoms with Crippen LogP contribution < -0.4 is 15.8 Å². The molecule has 36 heavy (non-hydrogen) atoms. The van der Waals surface area contributed by atoms with Gasteiger partial charge in [0.15, 0.2) is 0 Å². The van der Waals surface area contributed by atoms with E-state index in [2.05, 4.69) is 10.3 Å². The van der Waals surface area contributed by atoms with Crippen LogP contribution in [0.3, 0.4) is 0 Å². The summed E-state index contributed by atoms with van der Waals surface area (Å²) in [6, 6.07) is 10.5. The Morgan fingerprint density at radius 1 is 1.00 bits per heavy atom. The maximum atomic E-state index is 13.1. The monoisotopic (exact) mass is 493 g/mol. The molecule has 4 amide bonds. The molecule has 2 heterocycles. The molecule has 2 fully saturated rings. The van der Waals surface area contributed by atoms with Crippen LogP contribution in [-0.2, 0) is 11.2 Å². The lowest BCUT2D eigenvalue weighted by Crippen LogP contribution is -2.51. The predicted octanol–water partition coefficient (Wildman–Crippen LogP) is 3.45. The minimum absolute atomic E-state index is 0.0537. The van der Waals surface area contributed by atoms with Crippen LogP contribution in [0.1, 0.15) is 54.6 Å². The largest absolute Gasteiger partial charge is 0.494 e. The van der Waals surface area contributed by atoms with Gasteiger partial charge in [-0.3, -0.25) is 14.6 Å². The van der Waals surface area contributed by atoms with Gasteiger partial charge in [0.25, 0.3) is 5.91 Å². The van der Waals surface area contributed by atoms with E-state index in [9.17, 15) is 14.4 Å². The van der Waals surface area contributed by atoms with E-state index in [1.165, 1.54) is 38.3 Å². The van der Waals surface area contributed by atoms with Crippen molar-refractivity contribution in [2.75, 3.05) is 38.1 Å². The molecule has 1 aliphatic carbocycles. The number of carbonyl (C=O) groups excluding carboxylic acids is 3. The van der Waals surface area contributed by atoms with Gasteiger partial charge in [-0.15, -0.1) is 0 Å². The Hall–Kier alpha value is -3.62. The molecule has 0 atom stereocenters. The number of urea groups is 1. The Bertz CT molecular complexity index is 1040. The lowest BCUT2D eigenvalue weighted by molar-refractivity contribution is -0.117. The molecule has 1 aromatic carbocycles. The maximum Gasteiger partial charge on any atom is 0.322 e. The van der Waals surface area contributed by atoms with Crippen LogP contribution in [-0.4, -0.2) is 65.4 Å². The molecule has 0 bridgehead atoms. The molecule has 192 valence electrons. The zero-order valence-electron chi connectivity index (χ0n) is 20.7. The highest BCUT2D eigenvalue weighted by Crippen LogP contribution is 2.26. The minimum atomic E-state index is -0.458. The average molecular weight is 494 g/mol. The molecule has 1 aliphatic heterocycles. The Morgan fingerprint density at radius 2 is 1.75 bits per heavy atom.